The maximum Gasteiger partial charge on any atom is 0.416 e. The Hall–Kier alpha value is -2.48. The largest absolute Gasteiger partial charge is 0.416 e. The van der Waals surface area contributed by atoms with Gasteiger partial charge in [0.25, 0.3) is 0 Å². The van der Waals surface area contributed by atoms with Gasteiger partial charge in [-0.25, -0.2) is 0 Å². The standard InChI is InChI=1S/C19H17F3N2O2S/c20-19(21,22)13-3-1-4-14(9-13)23-17(25)11-27-16-6-2-5-15(10-16)24-18(26)12-7-8-12/h1-6,9-10,12H,7-8,11H2,(H,23,25)(H,24,26). The van der Waals surface area contributed by atoms with Crippen LogP contribution in [-0.4, -0.2) is 17.6 Å². The molecule has 0 aromatic heterocycles. The zero-order valence-electron chi connectivity index (χ0n) is 14.2. The topological polar surface area (TPSA) is 58.2 Å². The van der Waals surface area contributed by atoms with Gasteiger partial charge in [-0.3, -0.25) is 9.59 Å². The Morgan fingerprint density at radius 1 is 1.00 bits per heavy atom. The Kier molecular flexibility index (Phi) is 5.74. The second-order valence-corrected chi connectivity index (χ2v) is 7.26. The lowest BCUT2D eigenvalue weighted by Crippen LogP contribution is -2.15. The summed E-state index contributed by atoms with van der Waals surface area (Å²) in [5.41, 5.74) is -0.0527. The van der Waals surface area contributed by atoms with Crippen LogP contribution < -0.4 is 10.6 Å². The average Bonchev–Trinajstić information content (AvgIpc) is 3.45. The molecule has 0 unspecified atom stereocenters. The van der Waals surface area contributed by atoms with Gasteiger partial charge < -0.3 is 10.6 Å². The lowest BCUT2D eigenvalue weighted by atomic mass is 10.2. The lowest BCUT2D eigenvalue weighted by molar-refractivity contribution is -0.137. The predicted octanol–water partition coefficient (Wildman–Crippen LogP) is 4.78. The summed E-state index contributed by atoms with van der Waals surface area (Å²) in [7, 11) is 0. The first kappa shape index (κ1) is 19.3. The molecule has 2 aromatic carbocycles. The van der Waals surface area contributed by atoms with E-state index in [4.69, 9.17) is 0 Å². The molecule has 0 atom stereocenters. The smallest absolute Gasteiger partial charge is 0.326 e. The Morgan fingerprint density at radius 3 is 2.33 bits per heavy atom. The van der Waals surface area contributed by atoms with Crippen LogP contribution in [0.25, 0.3) is 0 Å². The van der Waals surface area contributed by atoms with Crippen molar-refractivity contribution in [3.8, 4) is 0 Å². The van der Waals surface area contributed by atoms with Crippen LogP contribution >= 0.6 is 11.8 Å². The van der Waals surface area contributed by atoms with Crippen LogP contribution in [0.2, 0.25) is 0 Å². The molecule has 1 aliphatic carbocycles. The third-order valence-corrected chi connectivity index (χ3v) is 4.89. The minimum absolute atomic E-state index is 0.000519. The number of nitrogens with one attached hydrogen (secondary N) is 2. The summed E-state index contributed by atoms with van der Waals surface area (Å²) >= 11 is 1.24. The van der Waals surface area contributed by atoms with Gasteiger partial charge in [-0.2, -0.15) is 13.2 Å². The van der Waals surface area contributed by atoms with Crippen molar-refractivity contribution in [1.29, 1.82) is 0 Å². The number of hydrogen-bond acceptors (Lipinski definition) is 3. The fraction of sp³-hybridized carbons (Fsp3) is 0.263. The second kappa shape index (κ2) is 8.04. The summed E-state index contributed by atoms with van der Waals surface area (Å²) in [6.45, 7) is 0. The Bertz CT molecular complexity index is 851. The SMILES string of the molecule is O=C(CSc1cccc(NC(=O)C2CC2)c1)Nc1cccc(C(F)(F)F)c1. The van der Waals surface area contributed by atoms with Crippen LogP contribution in [0.15, 0.2) is 53.4 Å². The third-order valence-electron chi connectivity index (χ3n) is 3.89. The number of amides is 2. The van der Waals surface area contributed by atoms with Crippen molar-refractivity contribution >= 4 is 35.0 Å². The summed E-state index contributed by atoms with van der Waals surface area (Å²) in [5, 5.41) is 5.30. The average molecular weight is 394 g/mol. The highest BCUT2D eigenvalue weighted by atomic mass is 32.2. The summed E-state index contributed by atoms with van der Waals surface area (Å²) < 4.78 is 38.1. The number of anilines is 2. The Balaban J connectivity index is 1.54. The van der Waals surface area contributed by atoms with E-state index in [1.165, 1.54) is 23.9 Å². The molecule has 8 heteroatoms. The van der Waals surface area contributed by atoms with E-state index in [0.717, 1.165) is 29.9 Å². The first-order chi connectivity index (χ1) is 12.8. The Labute approximate surface area is 158 Å². The van der Waals surface area contributed by atoms with Crippen molar-refractivity contribution in [2.45, 2.75) is 23.9 Å². The molecular weight excluding hydrogens is 377 g/mol. The number of benzene rings is 2. The molecule has 4 nitrogen and oxygen atoms in total. The molecule has 1 fully saturated rings. The number of alkyl halides is 3. The van der Waals surface area contributed by atoms with Crippen molar-refractivity contribution in [3.05, 3.63) is 54.1 Å². The van der Waals surface area contributed by atoms with Gasteiger partial charge in [-0.1, -0.05) is 12.1 Å². The summed E-state index contributed by atoms with van der Waals surface area (Å²) in [5.74, 6) is -0.276. The molecule has 2 amide bonds. The fourth-order valence-corrected chi connectivity index (χ4v) is 3.13. The van der Waals surface area contributed by atoms with Gasteiger partial charge in [0.2, 0.25) is 11.8 Å². The van der Waals surface area contributed by atoms with Crippen molar-refractivity contribution in [2.75, 3.05) is 16.4 Å². The molecule has 3 rings (SSSR count). The first-order valence-corrected chi connectivity index (χ1v) is 9.31. The van der Waals surface area contributed by atoms with Crippen LogP contribution in [0.3, 0.4) is 0 Å². The number of hydrogen-bond donors (Lipinski definition) is 2. The van der Waals surface area contributed by atoms with E-state index in [-0.39, 0.29) is 23.3 Å². The molecule has 142 valence electrons. The summed E-state index contributed by atoms with van der Waals surface area (Å²) in [4.78, 5) is 24.6. The summed E-state index contributed by atoms with van der Waals surface area (Å²) in [6.07, 6.45) is -2.63. The highest BCUT2D eigenvalue weighted by molar-refractivity contribution is 8.00. The molecule has 0 radical (unpaired) electrons. The number of carbonyl (C=O) groups is 2. The molecule has 0 spiro atoms. The normalized spacial score (nSPS) is 13.9. The van der Waals surface area contributed by atoms with Gasteiger partial charge in [-0.05, 0) is 49.2 Å². The van der Waals surface area contributed by atoms with E-state index >= 15 is 0 Å². The number of carbonyl (C=O) groups excluding carboxylic acids is 2. The zero-order valence-corrected chi connectivity index (χ0v) is 15.0. The second-order valence-electron chi connectivity index (χ2n) is 6.21. The van der Waals surface area contributed by atoms with Crippen LogP contribution in [-0.2, 0) is 15.8 Å². The monoisotopic (exact) mass is 394 g/mol. The van der Waals surface area contributed by atoms with Crippen LogP contribution in [0.4, 0.5) is 24.5 Å². The molecule has 0 saturated heterocycles. The van der Waals surface area contributed by atoms with Crippen molar-refractivity contribution in [2.24, 2.45) is 5.92 Å². The lowest BCUT2D eigenvalue weighted by Gasteiger charge is -2.10. The minimum Gasteiger partial charge on any atom is -0.326 e. The molecule has 0 aliphatic heterocycles. The maximum atomic E-state index is 12.7. The van der Waals surface area contributed by atoms with Crippen LogP contribution in [0.1, 0.15) is 18.4 Å². The number of halogens is 3. The number of rotatable bonds is 6. The van der Waals surface area contributed by atoms with Gasteiger partial charge in [0, 0.05) is 22.2 Å². The van der Waals surface area contributed by atoms with E-state index in [2.05, 4.69) is 10.6 Å². The van der Waals surface area contributed by atoms with Crippen LogP contribution in [0.5, 0.6) is 0 Å². The quantitative estimate of drug-likeness (QED) is 0.693. The van der Waals surface area contributed by atoms with Gasteiger partial charge >= 0.3 is 6.18 Å². The Morgan fingerprint density at radius 2 is 1.67 bits per heavy atom. The van der Waals surface area contributed by atoms with Gasteiger partial charge in [0.15, 0.2) is 0 Å². The van der Waals surface area contributed by atoms with E-state index in [9.17, 15) is 22.8 Å². The van der Waals surface area contributed by atoms with Crippen LogP contribution in [0, 0.1) is 5.92 Å². The molecule has 0 heterocycles. The predicted molar refractivity (Wildman–Crippen MR) is 98.6 cm³/mol. The van der Waals surface area contributed by atoms with Gasteiger partial charge in [0.1, 0.15) is 0 Å². The van der Waals surface area contributed by atoms with E-state index in [1.54, 1.807) is 24.3 Å². The fourth-order valence-electron chi connectivity index (χ4n) is 2.37. The van der Waals surface area contributed by atoms with Crippen molar-refractivity contribution in [1.82, 2.24) is 0 Å². The van der Waals surface area contributed by atoms with Gasteiger partial charge in [0.05, 0.1) is 11.3 Å². The van der Waals surface area contributed by atoms with E-state index in [0.29, 0.717) is 5.69 Å². The van der Waals surface area contributed by atoms with Gasteiger partial charge in [-0.15, -0.1) is 11.8 Å². The third kappa shape index (κ3) is 5.75. The maximum absolute atomic E-state index is 12.7. The van der Waals surface area contributed by atoms with E-state index in [1.807, 2.05) is 0 Å². The molecule has 2 aromatic rings. The number of thioether (sulfide) groups is 1. The van der Waals surface area contributed by atoms with Crippen molar-refractivity contribution in [3.63, 3.8) is 0 Å². The zero-order chi connectivity index (χ0) is 19.4. The summed E-state index contributed by atoms with van der Waals surface area (Å²) in [6, 6.07) is 11.6. The molecule has 1 aliphatic rings. The molecule has 2 N–H and O–H groups in total. The first-order valence-electron chi connectivity index (χ1n) is 8.32. The highest BCUT2D eigenvalue weighted by Gasteiger charge is 2.30. The van der Waals surface area contributed by atoms with E-state index < -0.39 is 17.6 Å². The molecule has 1 saturated carbocycles. The molecule has 0 bridgehead atoms. The molecule has 27 heavy (non-hydrogen) atoms. The highest BCUT2D eigenvalue weighted by Crippen LogP contribution is 2.32. The van der Waals surface area contributed by atoms with Crippen molar-refractivity contribution < 1.29 is 22.8 Å². The molecular formula is C19H17F3N2O2S. The minimum atomic E-state index is -4.46.